The van der Waals surface area contributed by atoms with Gasteiger partial charge in [0.25, 0.3) is 0 Å². The average molecular weight is 271 g/mol. The topological polar surface area (TPSA) is 98.7 Å². The lowest BCUT2D eigenvalue weighted by Gasteiger charge is -2.30. The lowest BCUT2D eigenvalue weighted by Crippen LogP contribution is -2.53. The number of piperidine rings is 1. The van der Waals surface area contributed by atoms with E-state index in [1.807, 2.05) is 6.92 Å². The molecule has 1 aliphatic rings. The number of aliphatic carboxylic acids is 1. The van der Waals surface area contributed by atoms with Crippen LogP contribution < -0.4 is 10.6 Å². The predicted octanol–water partition coefficient (Wildman–Crippen LogP) is 0.160. The van der Waals surface area contributed by atoms with Crippen molar-refractivity contribution in [2.24, 2.45) is 0 Å². The summed E-state index contributed by atoms with van der Waals surface area (Å²) in [5, 5.41) is 14.1. The lowest BCUT2D eigenvalue weighted by atomic mass is 10.1. The van der Waals surface area contributed by atoms with Crippen LogP contribution in [-0.4, -0.2) is 53.6 Å². The number of likely N-dealkylation sites (tertiary alicyclic amines) is 1. The molecule has 108 valence electrons. The van der Waals surface area contributed by atoms with Gasteiger partial charge in [-0.15, -0.1) is 0 Å². The molecule has 7 heteroatoms. The zero-order chi connectivity index (χ0) is 14.4. The van der Waals surface area contributed by atoms with Crippen molar-refractivity contribution in [2.45, 2.75) is 44.7 Å². The standard InChI is InChI=1S/C12H21N3O4/c1-3-4-9(11(17)18)14-12(19)13-8-5-6-10(16)15(2)7-8/h8-9H,3-7H2,1-2H3,(H,17,18)(H2,13,14,19)/t8?,9-/m0/s1. The Morgan fingerprint density at radius 2 is 2.21 bits per heavy atom. The zero-order valence-corrected chi connectivity index (χ0v) is 11.3. The Morgan fingerprint density at radius 3 is 2.74 bits per heavy atom. The third-order valence-corrected chi connectivity index (χ3v) is 3.14. The molecule has 1 heterocycles. The Morgan fingerprint density at radius 1 is 1.53 bits per heavy atom. The van der Waals surface area contributed by atoms with E-state index in [2.05, 4.69) is 10.6 Å². The number of rotatable bonds is 5. The van der Waals surface area contributed by atoms with Crippen molar-refractivity contribution in [3.63, 3.8) is 0 Å². The number of hydrogen-bond acceptors (Lipinski definition) is 3. The van der Waals surface area contributed by atoms with Crippen molar-refractivity contribution in [1.82, 2.24) is 15.5 Å². The zero-order valence-electron chi connectivity index (χ0n) is 11.3. The van der Waals surface area contributed by atoms with Crippen LogP contribution in [0.3, 0.4) is 0 Å². The van der Waals surface area contributed by atoms with Crippen molar-refractivity contribution in [2.75, 3.05) is 13.6 Å². The molecule has 1 aliphatic heterocycles. The third-order valence-electron chi connectivity index (χ3n) is 3.14. The number of hydrogen-bond donors (Lipinski definition) is 3. The summed E-state index contributed by atoms with van der Waals surface area (Å²) in [5.74, 6) is -0.971. The van der Waals surface area contributed by atoms with E-state index in [-0.39, 0.29) is 11.9 Å². The van der Waals surface area contributed by atoms with Gasteiger partial charge in [-0.05, 0) is 12.8 Å². The van der Waals surface area contributed by atoms with E-state index in [0.29, 0.717) is 32.2 Å². The fourth-order valence-corrected chi connectivity index (χ4v) is 2.06. The summed E-state index contributed by atoms with van der Waals surface area (Å²) in [6.45, 7) is 2.31. The van der Waals surface area contributed by atoms with Crippen molar-refractivity contribution >= 4 is 17.9 Å². The van der Waals surface area contributed by atoms with Crippen molar-refractivity contribution < 1.29 is 19.5 Å². The number of carboxylic acid groups (broad SMARTS) is 1. The predicted molar refractivity (Wildman–Crippen MR) is 68.7 cm³/mol. The van der Waals surface area contributed by atoms with Crippen LogP contribution in [0, 0.1) is 0 Å². The van der Waals surface area contributed by atoms with E-state index in [0.717, 1.165) is 0 Å². The van der Waals surface area contributed by atoms with Gasteiger partial charge in [-0.1, -0.05) is 13.3 Å². The average Bonchev–Trinajstić information content (AvgIpc) is 2.33. The molecule has 0 spiro atoms. The molecule has 0 bridgehead atoms. The van der Waals surface area contributed by atoms with Gasteiger partial charge in [-0.2, -0.15) is 0 Å². The van der Waals surface area contributed by atoms with Crippen LogP contribution in [0.5, 0.6) is 0 Å². The van der Waals surface area contributed by atoms with Gasteiger partial charge in [0.05, 0.1) is 0 Å². The smallest absolute Gasteiger partial charge is 0.326 e. The Balaban J connectivity index is 2.42. The van der Waals surface area contributed by atoms with Crippen LogP contribution >= 0.6 is 0 Å². The van der Waals surface area contributed by atoms with Crippen LogP contribution in [0.15, 0.2) is 0 Å². The Kier molecular flexibility index (Phi) is 5.59. The molecule has 1 fully saturated rings. The molecule has 3 amide bonds. The summed E-state index contributed by atoms with van der Waals surface area (Å²) in [5.41, 5.74) is 0. The minimum Gasteiger partial charge on any atom is -0.480 e. The minimum atomic E-state index is -1.03. The maximum atomic E-state index is 11.7. The quantitative estimate of drug-likeness (QED) is 0.663. The first-order valence-electron chi connectivity index (χ1n) is 6.47. The van der Waals surface area contributed by atoms with Gasteiger partial charge in [0.15, 0.2) is 0 Å². The Labute approximate surface area is 112 Å². The molecule has 1 rings (SSSR count). The largest absolute Gasteiger partial charge is 0.480 e. The maximum Gasteiger partial charge on any atom is 0.326 e. The highest BCUT2D eigenvalue weighted by molar-refractivity contribution is 5.83. The van der Waals surface area contributed by atoms with Gasteiger partial charge in [0.1, 0.15) is 6.04 Å². The summed E-state index contributed by atoms with van der Waals surface area (Å²) in [7, 11) is 1.69. The summed E-state index contributed by atoms with van der Waals surface area (Å²) in [6, 6.07) is -1.49. The fourth-order valence-electron chi connectivity index (χ4n) is 2.06. The molecule has 0 aliphatic carbocycles. The van der Waals surface area contributed by atoms with Gasteiger partial charge < -0.3 is 20.6 Å². The number of nitrogens with one attached hydrogen (secondary N) is 2. The third kappa shape index (κ3) is 4.76. The molecular weight excluding hydrogens is 250 g/mol. The normalized spacial score (nSPS) is 20.8. The molecule has 1 saturated heterocycles. The highest BCUT2D eigenvalue weighted by atomic mass is 16.4. The van der Waals surface area contributed by atoms with Gasteiger partial charge in [0, 0.05) is 26.1 Å². The number of urea groups is 1. The number of carboxylic acids is 1. The molecule has 0 aromatic heterocycles. The molecule has 1 unspecified atom stereocenters. The monoisotopic (exact) mass is 271 g/mol. The maximum absolute atomic E-state index is 11.7. The molecule has 3 N–H and O–H groups in total. The molecular formula is C12H21N3O4. The van der Waals surface area contributed by atoms with Crippen molar-refractivity contribution in [3.8, 4) is 0 Å². The van der Waals surface area contributed by atoms with E-state index in [1.54, 1.807) is 11.9 Å². The first-order chi connectivity index (χ1) is 8.93. The van der Waals surface area contributed by atoms with Crippen LogP contribution in [0.4, 0.5) is 4.79 Å². The Bertz CT molecular complexity index is 359. The van der Waals surface area contributed by atoms with E-state index in [9.17, 15) is 14.4 Å². The Hall–Kier alpha value is -1.79. The van der Waals surface area contributed by atoms with Crippen molar-refractivity contribution in [1.29, 1.82) is 0 Å². The summed E-state index contributed by atoms with van der Waals surface area (Å²) >= 11 is 0. The van der Waals surface area contributed by atoms with Crippen molar-refractivity contribution in [3.05, 3.63) is 0 Å². The van der Waals surface area contributed by atoms with E-state index >= 15 is 0 Å². The molecule has 0 aromatic rings. The first-order valence-corrected chi connectivity index (χ1v) is 6.47. The summed E-state index contributed by atoms with van der Waals surface area (Å²) in [4.78, 5) is 35.5. The van der Waals surface area contributed by atoms with E-state index in [4.69, 9.17) is 5.11 Å². The second-order valence-electron chi connectivity index (χ2n) is 4.81. The first kappa shape index (κ1) is 15.3. The SMILES string of the molecule is CCC[C@H](NC(=O)NC1CCC(=O)N(C)C1)C(=O)O. The fraction of sp³-hybridized carbons (Fsp3) is 0.750. The van der Waals surface area contributed by atoms with Crippen LogP contribution in [-0.2, 0) is 9.59 Å². The summed E-state index contributed by atoms with van der Waals surface area (Å²) in [6.07, 6.45) is 2.06. The number of carbonyl (C=O) groups excluding carboxylic acids is 2. The molecule has 0 radical (unpaired) electrons. The van der Waals surface area contributed by atoms with Gasteiger partial charge in [-0.3, -0.25) is 4.79 Å². The number of nitrogens with zero attached hydrogens (tertiary/aromatic N) is 1. The second-order valence-corrected chi connectivity index (χ2v) is 4.81. The molecule has 19 heavy (non-hydrogen) atoms. The second kappa shape index (κ2) is 6.96. The highest BCUT2D eigenvalue weighted by Gasteiger charge is 2.25. The van der Waals surface area contributed by atoms with Gasteiger partial charge >= 0.3 is 12.0 Å². The van der Waals surface area contributed by atoms with Crippen LogP contribution in [0.1, 0.15) is 32.6 Å². The number of likely N-dealkylation sites (N-methyl/N-ethyl adjacent to an activating group) is 1. The van der Waals surface area contributed by atoms with Crippen LogP contribution in [0.2, 0.25) is 0 Å². The number of carbonyl (C=O) groups is 3. The van der Waals surface area contributed by atoms with Crippen LogP contribution in [0.25, 0.3) is 0 Å². The van der Waals surface area contributed by atoms with E-state index in [1.165, 1.54) is 0 Å². The number of amides is 3. The van der Waals surface area contributed by atoms with E-state index < -0.39 is 18.0 Å². The summed E-state index contributed by atoms with van der Waals surface area (Å²) < 4.78 is 0. The molecule has 2 atom stereocenters. The lowest BCUT2D eigenvalue weighted by molar-refractivity contribution is -0.139. The molecule has 0 saturated carbocycles. The highest BCUT2D eigenvalue weighted by Crippen LogP contribution is 2.09. The van der Waals surface area contributed by atoms with Gasteiger partial charge in [-0.25, -0.2) is 9.59 Å². The molecule has 0 aromatic carbocycles. The van der Waals surface area contributed by atoms with Gasteiger partial charge in [0.2, 0.25) is 5.91 Å². The minimum absolute atomic E-state index is 0.0628. The molecule has 7 nitrogen and oxygen atoms in total.